The maximum absolute atomic E-state index is 14.1. The summed E-state index contributed by atoms with van der Waals surface area (Å²) in [6.07, 6.45) is 0.287. The van der Waals surface area contributed by atoms with Crippen molar-refractivity contribution >= 4 is 50.7 Å². The first-order valence-electron chi connectivity index (χ1n) is 12.7. The lowest BCUT2D eigenvalue weighted by molar-refractivity contribution is -0.140. The van der Waals surface area contributed by atoms with Gasteiger partial charge in [-0.1, -0.05) is 66.5 Å². The summed E-state index contributed by atoms with van der Waals surface area (Å²) in [5.74, 6) is -0.681. The zero-order valence-corrected chi connectivity index (χ0v) is 25.1. The topological polar surface area (TPSA) is 96.0 Å². The lowest BCUT2D eigenvalue weighted by Gasteiger charge is -2.34. The van der Waals surface area contributed by atoms with Crippen LogP contribution < -0.4 is 14.4 Å². The van der Waals surface area contributed by atoms with E-state index in [1.807, 2.05) is 13.8 Å². The number of hydrogen-bond acceptors (Lipinski definition) is 5. The number of para-hydroxylation sites is 2. The number of carbonyl (C=O) groups excluding carboxylic acids is 2. The lowest BCUT2D eigenvalue weighted by Crippen LogP contribution is -2.53. The van der Waals surface area contributed by atoms with Crippen molar-refractivity contribution in [2.45, 2.75) is 50.7 Å². The minimum Gasteiger partial charge on any atom is -0.495 e. The van der Waals surface area contributed by atoms with E-state index < -0.39 is 28.5 Å². The molecule has 0 aliphatic heterocycles. The predicted octanol–water partition coefficient (Wildman–Crippen LogP) is 5.53. The lowest BCUT2D eigenvalue weighted by atomic mass is 10.1. The SMILES string of the molecule is CCC(C(=O)NC(C)C)N(Cc1ccc(Cl)cc1Cl)C(=O)CN(c1ccccc1OC)S(=O)(=O)c1ccccc1. The molecule has 2 amide bonds. The van der Waals surface area contributed by atoms with Crippen LogP contribution in [0.1, 0.15) is 32.8 Å². The van der Waals surface area contributed by atoms with Crippen LogP contribution in [0.25, 0.3) is 0 Å². The largest absolute Gasteiger partial charge is 0.495 e. The van der Waals surface area contributed by atoms with Gasteiger partial charge in [0.05, 0.1) is 17.7 Å². The molecule has 214 valence electrons. The van der Waals surface area contributed by atoms with E-state index in [2.05, 4.69) is 5.32 Å². The number of hydrogen-bond donors (Lipinski definition) is 1. The van der Waals surface area contributed by atoms with Crippen LogP contribution in [0.3, 0.4) is 0 Å². The summed E-state index contributed by atoms with van der Waals surface area (Å²) >= 11 is 12.5. The van der Waals surface area contributed by atoms with E-state index in [1.54, 1.807) is 67.6 Å². The molecule has 1 atom stereocenters. The molecule has 1 N–H and O–H groups in total. The molecule has 0 saturated carbocycles. The van der Waals surface area contributed by atoms with Crippen molar-refractivity contribution in [2.75, 3.05) is 18.0 Å². The molecular formula is C29H33Cl2N3O5S. The number of nitrogens with zero attached hydrogens (tertiary/aromatic N) is 2. The van der Waals surface area contributed by atoms with Gasteiger partial charge in [-0.25, -0.2) is 8.42 Å². The number of rotatable bonds is 12. The van der Waals surface area contributed by atoms with Gasteiger partial charge in [-0.3, -0.25) is 13.9 Å². The fourth-order valence-corrected chi connectivity index (χ4v) is 6.12. The third-order valence-corrected chi connectivity index (χ3v) is 8.50. The molecule has 1 unspecified atom stereocenters. The average Bonchev–Trinajstić information content (AvgIpc) is 2.92. The van der Waals surface area contributed by atoms with Crippen LogP contribution in [0, 0.1) is 0 Å². The molecule has 0 aliphatic rings. The van der Waals surface area contributed by atoms with E-state index in [4.69, 9.17) is 27.9 Å². The van der Waals surface area contributed by atoms with Crippen LogP contribution in [-0.2, 0) is 26.2 Å². The summed E-state index contributed by atoms with van der Waals surface area (Å²) in [6.45, 7) is 4.80. The molecule has 0 fully saturated rings. The van der Waals surface area contributed by atoms with Crippen molar-refractivity contribution in [2.24, 2.45) is 0 Å². The first-order chi connectivity index (χ1) is 19.0. The summed E-state index contributed by atoms with van der Waals surface area (Å²) in [4.78, 5) is 28.7. The standard InChI is InChI=1S/C29H33Cl2N3O5S/c1-5-25(29(36)32-20(2)3)33(18-21-15-16-22(30)17-24(21)31)28(35)19-34(26-13-9-10-14-27(26)39-4)40(37,38)23-11-7-6-8-12-23/h6-17,20,25H,5,18-19H2,1-4H3,(H,32,36). The van der Waals surface area contributed by atoms with Crippen LogP contribution in [-0.4, -0.2) is 50.9 Å². The number of nitrogens with one attached hydrogen (secondary N) is 1. The van der Waals surface area contributed by atoms with Crippen molar-refractivity contribution in [1.29, 1.82) is 0 Å². The second kappa shape index (κ2) is 13.9. The number of methoxy groups -OCH3 is 1. The second-order valence-corrected chi connectivity index (χ2v) is 12.0. The number of amides is 2. The van der Waals surface area contributed by atoms with Crippen molar-refractivity contribution in [3.8, 4) is 5.75 Å². The van der Waals surface area contributed by atoms with Crippen LogP contribution >= 0.6 is 23.2 Å². The summed E-state index contributed by atoms with van der Waals surface area (Å²) in [6, 6.07) is 18.2. The molecule has 0 saturated heterocycles. The second-order valence-electron chi connectivity index (χ2n) is 9.34. The van der Waals surface area contributed by atoms with Crippen molar-refractivity contribution < 1.29 is 22.7 Å². The van der Waals surface area contributed by atoms with Crippen molar-refractivity contribution in [3.05, 3.63) is 88.4 Å². The maximum atomic E-state index is 14.1. The van der Waals surface area contributed by atoms with Gasteiger partial charge in [-0.2, -0.15) is 0 Å². The Morgan fingerprint density at radius 3 is 2.23 bits per heavy atom. The van der Waals surface area contributed by atoms with Gasteiger partial charge in [-0.05, 0) is 62.2 Å². The summed E-state index contributed by atoms with van der Waals surface area (Å²) in [7, 11) is -2.79. The Morgan fingerprint density at radius 2 is 1.62 bits per heavy atom. The van der Waals surface area contributed by atoms with Gasteiger partial charge in [0.2, 0.25) is 11.8 Å². The highest BCUT2D eigenvalue weighted by molar-refractivity contribution is 7.92. The average molecular weight is 607 g/mol. The van der Waals surface area contributed by atoms with E-state index in [9.17, 15) is 18.0 Å². The fourth-order valence-electron chi connectivity index (χ4n) is 4.20. The molecular weight excluding hydrogens is 573 g/mol. The number of anilines is 1. The highest BCUT2D eigenvalue weighted by Crippen LogP contribution is 2.33. The minimum absolute atomic E-state index is 0.00518. The zero-order chi connectivity index (χ0) is 29.4. The van der Waals surface area contributed by atoms with E-state index in [0.717, 1.165) is 4.31 Å². The van der Waals surface area contributed by atoms with Crippen LogP contribution in [0.5, 0.6) is 5.75 Å². The molecule has 0 heterocycles. The van der Waals surface area contributed by atoms with Gasteiger partial charge >= 0.3 is 0 Å². The van der Waals surface area contributed by atoms with Gasteiger partial charge in [0.15, 0.2) is 0 Å². The van der Waals surface area contributed by atoms with Crippen LogP contribution in [0.15, 0.2) is 77.7 Å². The molecule has 0 aromatic heterocycles. The quantitative estimate of drug-likeness (QED) is 0.293. The minimum atomic E-state index is -4.21. The third kappa shape index (κ3) is 7.47. The molecule has 3 aromatic rings. The highest BCUT2D eigenvalue weighted by atomic mass is 35.5. The van der Waals surface area contributed by atoms with Crippen LogP contribution in [0.2, 0.25) is 10.0 Å². The first kappa shape index (κ1) is 31.3. The Kier molecular flexibility index (Phi) is 10.8. The summed E-state index contributed by atoms with van der Waals surface area (Å²) < 4.78 is 34.3. The van der Waals surface area contributed by atoms with Crippen molar-refractivity contribution in [1.82, 2.24) is 10.2 Å². The molecule has 8 nitrogen and oxygen atoms in total. The monoisotopic (exact) mass is 605 g/mol. The van der Waals surface area contributed by atoms with E-state index in [1.165, 1.54) is 24.1 Å². The molecule has 0 radical (unpaired) electrons. The van der Waals surface area contributed by atoms with Gasteiger partial charge in [0.25, 0.3) is 10.0 Å². The molecule has 11 heteroatoms. The Hall–Kier alpha value is -3.27. The van der Waals surface area contributed by atoms with Crippen LogP contribution in [0.4, 0.5) is 5.69 Å². The molecule has 0 spiro atoms. The number of carbonyl (C=O) groups is 2. The summed E-state index contributed by atoms with van der Waals surface area (Å²) in [5.41, 5.74) is 0.747. The highest BCUT2D eigenvalue weighted by Gasteiger charge is 2.35. The number of benzene rings is 3. The van der Waals surface area contributed by atoms with Gasteiger partial charge < -0.3 is 15.0 Å². The number of ether oxygens (including phenoxy) is 1. The van der Waals surface area contributed by atoms with Crippen molar-refractivity contribution in [3.63, 3.8) is 0 Å². The molecule has 3 rings (SSSR count). The van der Waals surface area contributed by atoms with E-state index >= 15 is 0 Å². The fraction of sp³-hybridized carbons (Fsp3) is 0.310. The Morgan fingerprint density at radius 1 is 0.975 bits per heavy atom. The molecule has 0 bridgehead atoms. The number of sulfonamides is 1. The Bertz CT molecular complexity index is 1430. The van der Waals surface area contributed by atoms with E-state index in [-0.39, 0.29) is 41.2 Å². The molecule has 40 heavy (non-hydrogen) atoms. The smallest absolute Gasteiger partial charge is 0.264 e. The zero-order valence-electron chi connectivity index (χ0n) is 22.8. The first-order valence-corrected chi connectivity index (χ1v) is 14.9. The van der Waals surface area contributed by atoms with Gasteiger partial charge in [0, 0.05) is 22.6 Å². The molecule has 3 aromatic carbocycles. The third-order valence-electron chi connectivity index (χ3n) is 6.14. The predicted molar refractivity (Wildman–Crippen MR) is 158 cm³/mol. The number of halogens is 2. The Balaban J connectivity index is 2.11. The Labute approximate surface area is 245 Å². The van der Waals surface area contributed by atoms with Gasteiger partial charge in [0.1, 0.15) is 18.3 Å². The van der Waals surface area contributed by atoms with E-state index in [0.29, 0.717) is 15.6 Å². The molecule has 0 aliphatic carbocycles. The summed E-state index contributed by atoms with van der Waals surface area (Å²) in [5, 5.41) is 3.60. The maximum Gasteiger partial charge on any atom is 0.264 e. The van der Waals surface area contributed by atoms with Gasteiger partial charge in [-0.15, -0.1) is 0 Å². The normalized spacial score (nSPS) is 12.1.